The summed E-state index contributed by atoms with van der Waals surface area (Å²) in [4.78, 5) is 25.3. The Hall–Kier alpha value is -4.40. The van der Waals surface area contributed by atoms with E-state index < -0.39 is 29.4 Å². The highest BCUT2D eigenvalue weighted by Gasteiger charge is 2.58. The van der Waals surface area contributed by atoms with E-state index in [2.05, 4.69) is 22.1 Å². The highest BCUT2D eigenvalue weighted by Crippen LogP contribution is 2.44. The van der Waals surface area contributed by atoms with Crippen molar-refractivity contribution in [2.75, 3.05) is 37.7 Å². The van der Waals surface area contributed by atoms with Gasteiger partial charge in [0.15, 0.2) is 12.3 Å². The highest BCUT2D eigenvalue weighted by atomic mass is 19.1. The van der Waals surface area contributed by atoms with Crippen molar-refractivity contribution in [2.45, 2.75) is 62.0 Å². The van der Waals surface area contributed by atoms with Gasteiger partial charge in [0.2, 0.25) is 0 Å². The van der Waals surface area contributed by atoms with Crippen molar-refractivity contribution in [3.8, 4) is 29.0 Å². The zero-order chi connectivity index (χ0) is 31.9. The van der Waals surface area contributed by atoms with E-state index in [1.165, 1.54) is 12.1 Å². The predicted molar refractivity (Wildman–Crippen MR) is 170 cm³/mol. The summed E-state index contributed by atoms with van der Waals surface area (Å²) < 4.78 is 58.4. The van der Waals surface area contributed by atoms with E-state index in [0.29, 0.717) is 83.4 Å². The molecular weight excluding hydrogens is 607 g/mol. The third-order valence-corrected chi connectivity index (χ3v) is 10.8. The molecule has 1 aromatic heterocycles. The zero-order valence-electron chi connectivity index (χ0n) is 25.6. The lowest BCUT2D eigenvalue weighted by atomic mass is 9.87. The maximum absolute atomic E-state index is 16.6. The molecule has 3 unspecified atom stereocenters. The molecule has 5 atom stereocenters. The molecule has 4 fully saturated rings. The van der Waals surface area contributed by atoms with Crippen molar-refractivity contribution in [3.63, 3.8) is 0 Å². The number of ether oxygens (including phenoxy) is 2. The summed E-state index contributed by atoms with van der Waals surface area (Å²) in [6, 6.07) is 10.7. The normalized spacial score (nSPS) is 27.6. The van der Waals surface area contributed by atoms with E-state index in [1.54, 1.807) is 12.1 Å². The number of anilines is 1. The summed E-state index contributed by atoms with van der Waals surface area (Å²) in [6.45, 7) is 2.57. The number of rotatable bonds is 6. The molecule has 3 aromatic carbocycles. The predicted octanol–water partition coefficient (Wildman–Crippen LogP) is 4.68. The first kappa shape index (κ1) is 28.8. The number of nitrogens with one attached hydrogen (secondary N) is 1. The summed E-state index contributed by atoms with van der Waals surface area (Å²) in [5.41, 5.74) is 1.39. The molecule has 4 aliphatic heterocycles. The summed E-state index contributed by atoms with van der Waals surface area (Å²) in [5, 5.41) is 5.52. The molecule has 5 heterocycles. The Kier molecular flexibility index (Phi) is 6.63. The molecular formula is C36H32F3N5O3. The molecule has 0 spiro atoms. The zero-order valence-corrected chi connectivity index (χ0v) is 25.6. The SMILES string of the molecule is O=COC1[C@@H](F)CN2CCC[C@@]12COc1nc(N2CC3CCC(C2)N3)c2cc(F)c3c(c2n1)CC#Cc1c(F)ccc2cccc-3c12. The smallest absolute Gasteiger partial charge is 0.319 e. The minimum absolute atomic E-state index is 0.0266. The van der Waals surface area contributed by atoms with Crippen LogP contribution >= 0.6 is 0 Å². The average molecular weight is 640 g/mol. The van der Waals surface area contributed by atoms with Gasteiger partial charge in [0.05, 0.1) is 16.6 Å². The number of carbonyl (C=O) groups is 1. The molecule has 240 valence electrons. The van der Waals surface area contributed by atoms with Gasteiger partial charge in [0, 0.05) is 60.0 Å². The molecule has 2 bridgehead atoms. The Morgan fingerprint density at radius 2 is 1.94 bits per heavy atom. The van der Waals surface area contributed by atoms with Crippen LogP contribution in [0.25, 0.3) is 32.8 Å². The van der Waals surface area contributed by atoms with Gasteiger partial charge in [-0.2, -0.15) is 9.97 Å². The molecule has 5 aliphatic rings. The average Bonchev–Trinajstić information content (AvgIpc) is 3.70. The molecule has 0 radical (unpaired) electrons. The highest BCUT2D eigenvalue weighted by molar-refractivity contribution is 6.05. The van der Waals surface area contributed by atoms with Crippen molar-refractivity contribution >= 4 is 34.0 Å². The van der Waals surface area contributed by atoms with Gasteiger partial charge in [-0.3, -0.25) is 9.69 Å². The molecule has 0 saturated carbocycles. The molecule has 4 aromatic rings. The molecule has 4 saturated heterocycles. The number of carbonyl (C=O) groups excluding carboxylic acids is 1. The van der Waals surface area contributed by atoms with Crippen LogP contribution in [0.15, 0.2) is 36.4 Å². The van der Waals surface area contributed by atoms with Crippen LogP contribution < -0.4 is 15.0 Å². The summed E-state index contributed by atoms with van der Waals surface area (Å²) in [6.07, 6.45) is 1.36. The van der Waals surface area contributed by atoms with Crippen LogP contribution in [0, 0.1) is 23.5 Å². The number of hydrogen-bond donors (Lipinski definition) is 1. The standard InChI is InChI=1S/C36H32F3N5O3/c37-27-11-8-20-4-1-6-24-30(20)23(27)5-2-7-25-31(24)28(38)14-26-32(25)41-35(42-34(26)43-15-21-9-10-22(16-43)40-21)46-18-36-12-3-13-44(36)17-29(39)33(36)47-19-45/h1,4,6,8,11,14,19,21-22,29,33,40H,3,7,9-10,12-13,15-18H2/t21?,22?,29-,33?,36+/m0/s1. The number of halogens is 3. The molecule has 9 rings (SSSR count). The van der Waals surface area contributed by atoms with Crippen LogP contribution in [-0.4, -0.2) is 84.0 Å². The van der Waals surface area contributed by atoms with E-state index >= 15 is 13.2 Å². The summed E-state index contributed by atoms with van der Waals surface area (Å²) in [5.74, 6) is 5.78. The van der Waals surface area contributed by atoms with Gasteiger partial charge >= 0.3 is 6.01 Å². The van der Waals surface area contributed by atoms with Gasteiger partial charge < -0.3 is 19.7 Å². The number of nitrogens with zero attached hydrogens (tertiary/aromatic N) is 4. The Morgan fingerprint density at radius 3 is 2.77 bits per heavy atom. The second kappa shape index (κ2) is 10.8. The van der Waals surface area contributed by atoms with Crippen LogP contribution in [0.5, 0.6) is 6.01 Å². The van der Waals surface area contributed by atoms with Crippen LogP contribution in [0.1, 0.15) is 36.8 Å². The molecule has 11 heteroatoms. The molecule has 1 N–H and O–H groups in total. The first-order valence-corrected chi connectivity index (χ1v) is 16.3. The number of fused-ring (bicyclic) bond motifs is 7. The summed E-state index contributed by atoms with van der Waals surface area (Å²) in [7, 11) is 0. The van der Waals surface area contributed by atoms with Gasteiger partial charge in [-0.05, 0) is 55.3 Å². The number of alkyl halides is 1. The lowest BCUT2D eigenvalue weighted by molar-refractivity contribution is -0.141. The molecule has 1 aliphatic carbocycles. The number of piperazine rings is 1. The largest absolute Gasteiger partial charge is 0.461 e. The minimum Gasteiger partial charge on any atom is -0.461 e. The van der Waals surface area contributed by atoms with Crippen LogP contribution in [-0.2, 0) is 16.0 Å². The van der Waals surface area contributed by atoms with Crippen molar-refractivity contribution in [2.24, 2.45) is 0 Å². The maximum atomic E-state index is 16.6. The fourth-order valence-corrected chi connectivity index (χ4v) is 8.81. The van der Waals surface area contributed by atoms with Gasteiger partial charge in [0.25, 0.3) is 6.47 Å². The van der Waals surface area contributed by atoms with E-state index in [1.807, 2.05) is 17.0 Å². The first-order chi connectivity index (χ1) is 22.9. The molecule has 47 heavy (non-hydrogen) atoms. The Morgan fingerprint density at radius 1 is 1.09 bits per heavy atom. The van der Waals surface area contributed by atoms with Gasteiger partial charge in [0.1, 0.15) is 24.1 Å². The second-order valence-electron chi connectivity index (χ2n) is 13.4. The number of hydrogen-bond acceptors (Lipinski definition) is 8. The Balaban J connectivity index is 1.22. The van der Waals surface area contributed by atoms with Crippen molar-refractivity contribution < 1.29 is 27.4 Å². The summed E-state index contributed by atoms with van der Waals surface area (Å²) >= 11 is 0. The fourth-order valence-electron chi connectivity index (χ4n) is 8.81. The number of benzene rings is 3. The molecule has 8 nitrogen and oxygen atoms in total. The third-order valence-electron chi connectivity index (χ3n) is 10.8. The van der Waals surface area contributed by atoms with Gasteiger partial charge in [-0.15, -0.1) is 0 Å². The Labute approximate surface area is 269 Å². The Bertz CT molecular complexity index is 2020. The first-order valence-electron chi connectivity index (χ1n) is 16.3. The lowest BCUT2D eigenvalue weighted by Crippen LogP contribution is -2.52. The topological polar surface area (TPSA) is 79.8 Å². The third kappa shape index (κ3) is 4.41. The van der Waals surface area contributed by atoms with Crippen LogP contribution in [0.3, 0.4) is 0 Å². The van der Waals surface area contributed by atoms with Gasteiger partial charge in [-0.25, -0.2) is 13.2 Å². The van der Waals surface area contributed by atoms with Crippen LogP contribution in [0.4, 0.5) is 19.0 Å². The quantitative estimate of drug-likeness (QED) is 0.241. The van der Waals surface area contributed by atoms with E-state index in [-0.39, 0.29) is 31.1 Å². The second-order valence-corrected chi connectivity index (χ2v) is 13.4. The lowest BCUT2D eigenvalue weighted by Gasteiger charge is -2.36. The number of aromatic nitrogens is 2. The monoisotopic (exact) mass is 639 g/mol. The minimum atomic E-state index is -1.33. The van der Waals surface area contributed by atoms with E-state index in [4.69, 9.17) is 19.4 Å². The van der Waals surface area contributed by atoms with Crippen molar-refractivity contribution in [3.05, 3.63) is 59.2 Å². The van der Waals surface area contributed by atoms with Crippen LogP contribution in [0.2, 0.25) is 0 Å². The fraction of sp³-hybridized carbons (Fsp3) is 0.417. The molecule has 0 amide bonds. The maximum Gasteiger partial charge on any atom is 0.319 e. The van der Waals surface area contributed by atoms with Gasteiger partial charge in [-0.1, -0.05) is 36.1 Å². The van der Waals surface area contributed by atoms with Crippen molar-refractivity contribution in [1.82, 2.24) is 20.2 Å². The van der Waals surface area contributed by atoms with Crippen molar-refractivity contribution in [1.29, 1.82) is 0 Å². The van der Waals surface area contributed by atoms with E-state index in [9.17, 15) is 4.79 Å². The van der Waals surface area contributed by atoms with E-state index in [0.717, 1.165) is 24.6 Å².